The fourth-order valence-electron chi connectivity index (χ4n) is 1.01. The van der Waals surface area contributed by atoms with Crippen LogP contribution in [0.1, 0.15) is 5.89 Å². The number of aromatic nitrogens is 1. The highest BCUT2D eigenvalue weighted by atomic mass is 127. The van der Waals surface area contributed by atoms with Crippen LogP contribution in [-0.2, 0) is 5.88 Å². The maximum atomic E-state index is 5.58. The summed E-state index contributed by atoms with van der Waals surface area (Å²) in [5.41, 5.74) is 1.67. The van der Waals surface area contributed by atoms with Gasteiger partial charge in [0, 0.05) is 3.57 Å². The van der Waals surface area contributed by atoms with Crippen LogP contribution in [0.25, 0.3) is 11.1 Å². The molecular weight excluding hydrogens is 288 g/mol. The predicted octanol–water partition coefficient (Wildman–Crippen LogP) is 3.17. The van der Waals surface area contributed by atoms with Gasteiger partial charge in [-0.25, -0.2) is 4.98 Å². The molecule has 4 heteroatoms. The standard InChI is InChI=1S/C8H5ClINO/c9-4-8-11-6-3-5(10)1-2-7(6)12-8/h1-3H,4H2. The van der Waals surface area contributed by atoms with E-state index in [-0.39, 0.29) is 0 Å². The summed E-state index contributed by atoms with van der Waals surface area (Å²) in [6.45, 7) is 0. The van der Waals surface area contributed by atoms with E-state index in [1.165, 1.54) is 0 Å². The Morgan fingerprint density at radius 1 is 1.50 bits per heavy atom. The molecule has 0 amide bonds. The molecule has 62 valence electrons. The van der Waals surface area contributed by atoms with Crippen molar-refractivity contribution in [3.63, 3.8) is 0 Å². The van der Waals surface area contributed by atoms with Gasteiger partial charge < -0.3 is 4.42 Å². The van der Waals surface area contributed by atoms with Gasteiger partial charge >= 0.3 is 0 Å². The second-order valence-electron chi connectivity index (χ2n) is 2.35. The highest BCUT2D eigenvalue weighted by Crippen LogP contribution is 2.18. The Bertz CT molecular complexity index is 412. The molecule has 2 nitrogen and oxygen atoms in total. The van der Waals surface area contributed by atoms with Crippen LogP contribution >= 0.6 is 34.2 Å². The lowest BCUT2D eigenvalue weighted by Crippen LogP contribution is -1.73. The zero-order chi connectivity index (χ0) is 8.55. The predicted molar refractivity (Wildman–Crippen MR) is 56.3 cm³/mol. The minimum Gasteiger partial charge on any atom is -0.439 e. The zero-order valence-electron chi connectivity index (χ0n) is 6.05. The summed E-state index contributed by atoms with van der Waals surface area (Å²) in [7, 11) is 0. The molecule has 0 aliphatic carbocycles. The highest BCUT2D eigenvalue weighted by molar-refractivity contribution is 14.1. The van der Waals surface area contributed by atoms with E-state index in [0.717, 1.165) is 14.7 Å². The summed E-state index contributed by atoms with van der Waals surface area (Å²) in [5.74, 6) is 0.902. The fourth-order valence-corrected chi connectivity index (χ4v) is 1.59. The molecule has 0 saturated carbocycles. The summed E-state index contributed by atoms with van der Waals surface area (Å²) in [6.07, 6.45) is 0. The second-order valence-corrected chi connectivity index (χ2v) is 3.87. The van der Waals surface area contributed by atoms with Gasteiger partial charge in [-0.05, 0) is 40.8 Å². The Labute approximate surface area is 88.1 Å². The Kier molecular flexibility index (Phi) is 2.23. The molecule has 0 bridgehead atoms. The van der Waals surface area contributed by atoms with Gasteiger partial charge in [0.2, 0.25) is 5.89 Å². The van der Waals surface area contributed by atoms with Crippen molar-refractivity contribution < 1.29 is 4.42 Å². The topological polar surface area (TPSA) is 26.0 Å². The van der Waals surface area contributed by atoms with Gasteiger partial charge in [-0.2, -0.15) is 0 Å². The first-order valence-electron chi connectivity index (χ1n) is 3.40. The highest BCUT2D eigenvalue weighted by Gasteiger charge is 2.03. The normalized spacial score (nSPS) is 10.8. The molecular formula is C8H5ClINO. The summed E-state index contributed by atoms with van der Waals surface area (Å²) in [4.78, 5) is 4.19. The lowest BCUT2D eigenvalue weighted by atomic mass is 10.3. The number of nitrogens with zero attached hydrogens (tertiary/aromatic N) is 1. The summed E-state index contributed by atoms with van der Waals surface area (Å²) >= 11 is 7.81. The van der Waals surface area contributed by atoms with Crippen molar-refractivity contribution in [3.8, 4) is 0 Å². The molecule has 0 aliphatic rings. The van der Waals surface area contributed by atoms with E-state index >= 15 is 0 Å². The maximum absolute atomic E-state index is 5.58. The molecule has 0 saturated heterocycles. The summed E-state index contributed by atoms with van der Waals surface area (Å²) < 4.78 is 6.47. The van der Waals surface area contributed by atoms with Gasteiger partial charge in [0.25, 0.3) is 0 Å². The lowest BCUT2D eigenvalue weighted by Gasteiger charge is -1.86. The van der Waals surface area contributed by atoms with Crippen molar-refractivity contribution in [1.82, 2.24) is 4.98 Å². The van der Waals surface area contributed by atoms with Crippen molar-refractivity contribution in [2.45, 2.75) is 5.88 Å². The second kappa shape index (κ2) is 3.22. The van der Waals surface area contributed by atoms with Crippen LogP contribution in [0.4, 0.5) is 0 Å². The third kappa shape index (κ3) is 1.43. The van der Waals surface area contributed by atoms with Gasteiger partial charge in [-0.3, -0.25) is 0 Å². The van der Waals surface area contributed by atoms with Crippen molar-refractivity contribution in [3.05, 3.63) is 27.7 Å². The molecule has 1 aromatic heterocycles. The fraction of sp³-hybridized carbons (Fsp3) is 0.125. The Morgan fingerprint density at radius 3 is 3.08 bits per heavy atom. The van der Waals surface area contributed by atoms with Crippen LogP contribution in [0.3, 0.4) is 0 Å². The van der Waals surface area contributed by atoms with Crippen molar-refractivity contribution in [2.24, 2.45) is 0 Å². The molecule has 0 unspecified atom stereocenters. The molecule has 0 N–H and O–H groups in total. The minimum atomic E-state index is 0.325. The number of hydrogen-bond donors (Lipinski definition) is 0. The number of halogens is 2. The van der Waals surface area contributed by atoms with Crippen LogP contribution in [0.15, 0.2) is 22.6 Å². The first-order chi connectivity index (χ1) is 5.79. The molecule has 12 heavy (non-hydrogen) atoms. The zero-order valence-corrected chi connectivity index (χ0v) is 8.96. The molecule has 0 atom stereocenters. The number of oxazole rings is 1. The molecule has 0 radical (unpaired) electrons. The largest absolute Gasteiger partial charge is 0.439 e. The van der Waals surface area contributed by atoms with Crippen molar-refractivity contribution in [2.75, 3.05) is 0 Å². The first-order valence-corrected chi connectivity index (χ1v) is 5.02. The van der Waals surface area contributed by atoms with E-state index in [1.807, 2.05) is 18.2 Å². The third-order valence-electron chi connectivity index (χ3n) is 1.51. The Hall–Kier alpha value is -0.290. The van der Waals surface area contributed by atoms with E-state index in [2.05, 4.69) is 27.6 Å². The third-order valence-corrected chi connectivity index (χ3v) is 2.41. The first kappa shape index (κ1) is 8.31. The number of benzene rings is 1. The van der Waals surface area contributed by atoms with E-state index < -0.39 is 0 Å². The molecule has 2 aromatic rings. The van der Waals surface area contributed by atoms with Crippen molar-refractivity contribution >= 4 is 45.3 Å². The van der Waals surface area contributed by atoms with Gasteiger partial charge in [0.15, 0.2) is 5.58 Å². The van der Waals surface area contributed by atoms with E-state index in [9.17, 15) is 0 Å². The average molecular weight is 293 g/mol. The minimum absolute atomic E-state index is 0.325. The van der Waals surface area contributed by atoms with E-state index in [1.54, 1.807) is 0 Å². The van der Waals surface area contributed by atoms with Crippen LogP contribution in [-0.4, -0.2) is 4.98 Å². The summed E-state index contributed by atoms with van der Waals surface area (Å²) in [6, 6.07) is 5.85. The van der Waals surface area contributed by atoms with E-state index in [0.29, 0.717) is 11.8 Å². The summed E-state index contributed by atoms with van der Waals surface area (Å²) in [5, 5.41) is 0. The molecule has 1 heterocycles. The molecule has 0 aliphatic heterocycles. The SMILES string of the molecule is ClCc1nc2cc(I)ccc2o1. The van der Waals surface area contributed by atoms with Gasteiger partial charge in [-0.1, -0.05) is 0 Å². The molecule has 1 aromatic carbocycles. The van der Waals surface area contributed by atoms with E-state index in [4.69, 9.17) is 16.0 Å². The number of rotatable bonds is 1. The van der Waals surface area contributed by atoms with Crippen molar-refractivity contribution in [1.29, 1.82) is 0 Å². The Morgan fingerprint density at radius 2 is 2.33 bits per heavy atom. The lowest BCUT2D eigenvalue weighted by molar-refractivity contribution is 0.555. The smallest absolute Gasteiger partial charge is 0.210 e. The van der Waals surface area contributed by atoms with Gasteiger partial charge in [-0.15, -0.1) is 11.6 Å². The monoisotopic (exact) mass is 293 g/mol. The maximum Gasteiger partial charge on any atom is 0.210 e. The quantitative estimate of drug-likeness (QED) is 0.596. The molecule has 0 spiro atoms. The molecule has 2 rings (SSSR count). The number of fused-ring (bicyclic) bond motifs is 1. The van der Waals surface area contributed by atoms with Gasteiger partial charge in [0.1, 0.15) is 5.52 Å². The number of alkyl halides is 1. The Balaban J connectivity index is 2.67. The average Bonchev–Trinajstić information content (AvgIpc) is 2.46. The van der Waals surface area contributed by atoms with Crippen LogP contribution in [0, 0.1) is 3.57 Å². The number of hydrogen-bond acceptors (Lipinski definition) is 2. The van der Waals surface area contributed by atoms with Crippen LogP contribution in [0.5, 0.6) is 0 Å². The van der Waals surface area contributed by atoms with Crippen LogP contribution in [0.2, 0.25) is 0 Å². The van der Waals surface area contributed by atoms with Gasteiger partial charge in [0.05, 0.1) is 5.88 Å². The molecule has 0 fully saturated rings. The van der Waals surface area contributed by atoms with Crippen LogP contribution < -0.4 is 0 Å².